The van der Waals surface area contributed by atoms with Crippen LogP contribution in [0.15, 0.2) is 0 Å². The van der Waals surface area contributed by atoms with Crippen LogP contribution in [0.3, 0.4) is 0 Å². The van der Waals surface area contributed by atoms with Crippen molar-refractivity contribution in [3.63, 3.8) is 0 Å². The quantitative estimate of drug-likeness (QED) is 0.635. The van der Waals surface area contributed by atoms with Gasteiger partial charge in [-0.3, -0.25) is 4.90 Å². The van der Waals surface area contributed by atoms with E-state index in [-0.39, 0.29) is 0 Å². The van der Waals surface area contributed by atoms with Crippen LogP contribution in [0, 0.1) is 0 Å². The fraction of sp³-hybridized carbons (Fsp3) is 1.00. The smallest absolute Gasteiger partial charge is 0.0718 e. The van der Waals surface area contributed by atoms with Crippen LogP contribution in [0.5, 0.6) is 0 Å². The summed E-state index contributed by atoms with van der Waals surface area (Å²) in [5.74, 6) is 0. The summed E-state index contributed by atoms with van der Waals surface area (Å²) in [5.41, 5.74) is 4.95. The number of rotatable bonds is 5. The van der Waals surface area contributed by atoms with Gasteiger partial charge in [0.1, 0.15) is 0 Å². The van der Waals surface area contributed by atoms with Crippen molar-refractivity contribution in [2.45, 2.75) is 38.8 Å². The molecule has 0 aromatic rings. The van der Waals surface area contributed by atoms with E-state index in [1.54, 1.807) is 0 Å². The molecule has 3 heteroatoms. The third-order valence-electron chi connectivity index (χ3n) is 2.00. The minimum atomic E-state index is -0.628. The van der Waals surface area contributed by atoms with Crippen LogP contribution >= 0.6 is 0 Å². The summed E-state index contributed by atoms with van der Waals surface area (Å²) in [5, 5.41) is 9.55. The molecule has 0 aliphatic heterocycles. The zero-order valence-corrected chi connectivity index (χ0v) is 8.67. The zero-order chi connectivity index (χ0) is 9.78. The van der Waals surface area contributed by atoms with Crippen molar-refractivity contribution in [3.8, 4) is 0 Å². The first-order valence-electron chi connectivity index (χ1n) is 4.53. The van der Waals surface area contributed by atoms with Gasteiger partial charge < -0.3 is 10.8 Å². The number of aliphatic hydroxyl groups is 1. The maximum absolute atomic E-state index is 9.55. The molecule has 0 saturated heterocycles. The minimum Gasteiger partial charge on any atom is -0.389 e. The normalized spacial score (nSPS) is 15.2. The Balaban J connectivity index is 3.92. The largest absolute Gasteiger partial charge is 0.389 e. The Morgan fingerprint density at radius 1 is 1.50 bits per heavy atom. The number of hydrogen-bond donors (Lipinski definition) is 2. The Bertz CT molecular complexity index is 116. The average molecular weight is 174 g/mol. The van der Waals surface area contributed by atoms with Crippen molar-refractivity contribution in [1.29, 1.82) is 0 Å². The molecule has 0 heterocycles. The molecule has 1 unspecified atom stereocenters. The van der Waals surface area contributed by atoms with Gasteiger partial charge in [-0.05, 0) is 27.3 Å². The Labute approximate surface area is 75.6 Å². The lowest BCUT2D eigenvalue weighted by molar-refractivity contribution is 0.0318. The molecule has 0 spiro atoms. The van der Waals surface area contributed by atoms with E-state index in [4.69, 9.17) is 5.73 Å². The zero-order valence-electron chi connectivity index (χ0n) is 8.67. The third-order valence-corrected chi connectivity index (χ3v) is 2.00. The van der Waals surface area contributed by atoms with Crippen molar-refractivity contribution in [3.05, 3.63) is 0 Å². The van der Waals surface area contributed by atoms with Crippen LogP contribution in [-0.4, -0.2) is 41.8 Å². The predicted octanol–water partition coefficient (Wildman–Crippen LogP) is 0.426. The lowest BCUT2D eigenvalue weighted by Crippen LogP contribution is -2.44. The molecule has 0 amide bonds. The SMILES string of the molecule is CCC(CN)N(C)CC(C)(C)O. The van der Waals surface area contributed by atoms with Gasteiger partial charge in [0.15, 0.2) is 0 Å². The summed E-state index contributed by atoms with van der Waals surface area (Å²) < 4.78 is 0. The van der Waals surface area contributed by atoms with E-state index in [2.05, 4.69) is 11.8 Å². The Hall–Kier alpha value is -0.120. The van der Waals surface area contributed by atoms with Crippen molar-refractivity contribution in [1.82, 2.24) is 4.90 Å². The van der Waals surface area contributed by atoms with Crippen molar-refractivity contribution in [2.24, 2.45) is 5.73 Å². The lowest BCUT2D eigenvalue weighted by Gasteiger charge is -2.31. The molecule has 0 bridgehead atoms. The molecule has 0 aliphatic carbocycles. The van der Waals surface area contributed by atoms with Crippen LogP contribution in [0.25, 0.3) is 0 Å². The summed E-state index contributed by atoms with van der Waals surface area (Å²) in [7, 11) is 2.00. The monoisotopic (exact) mass is 174 g/mol. The van der Waals surface area contributed by atoms with Gasteiger partial charge in [0.25, 0.3) is 0 Å². The molecule has 0 rings (SSSR count). The summed E-state index contributed by atoms with van der Waals surface area (Å²) >= 11 is 0. The van der Waals surface area contributed by atoms with E-state index >= 15 is 0 Å². The molecule has 0 saturated carbocycles. The highest BCUT2D eigenvalue weighted by Crippen LogP contribution is 2.07. The van der Waals surface area contributed by atoms with E-state index in [1.807, 2.05) is 20.9 Å². The first-order chi connectivity index (χ1) is 5.40. The molecule has 3 N–H and O–H groups in total. The molecule has 0 aromatic carbocycles. The van der Waals surface area contributed by atoms with Gasteiger partial charge in [0.2, 0.25) is 0 Å². The Morgan fingerprint density at radius 2 is 2.00 bits per heavy atom. The maximum Gasteiger partial charge on any atom is 0.0718 e. The molecule has 0 radical (unpaired) electrons. The van der Waals surface area contributed by atoms with E-state index in [0.29, 0.717) is 19.1 Å². The molecule has 1 atom stereocenters. The maximum atomic E-state index is 9.55. The van der Waals surface area contributed by atoms with Gasteiger partial charge in [0.05, 0.1) is 5.60 Å². The Morgan fingerprint density at radius 3 is 2.25 bits per heavy atom. The molecule has 74 valence electrons. The lowest BCUT2D eigenvalue weighted by atomic mass is 10.1. The van der Waals surface area contributed by atoms with E-state index in [1.165, 1.54) is 0 Å². The van der Waals surface area contributed by atoms with Crippen LogP contribution in [-0.2, 0) is 0 Å². The first-order valence-corrected chi connectivity index (χ1v) is 4.53. The van der Waals surface area contributed by atoms with Gasteiger partial charge >= 0.3 is 0 Å². The molecule has 0 aliphatic rings. The minimum absolute atomic E-state index is 0.386. The van der Waals surface area contributed by atoms with Crippen molar-refractivity contribution in [2.75, 3.05) is 20.1 Å². The second-order valence-corrected chi connectivity index (χ2v) is 4.03. The molecule has 3 nitrogen and oxygen atoms in total. The summed E-state index contributed by atoms with van der Waals surface area (Å²) in [6, 6.07) is 0.386. The van der Waals surface area contributed by atoms with Gasteiger partial charge in [-0.25, -0.2) is 0 Å². The van der Waals surface area contributed by atoms with E-state index in [0.717, 1.165) is 6.42 Å². The second kappa shape index (κ2) is 4.80. The van der Waals surface area contributed by atoms with E-state index < -0.39 is 5.60 Å². The number of nitrogens with two attached hydrogens (primary N) is 1. The summed E-state index contributed by atoms with van der Waals surface area (Å²) in [6.07, 6.45) is 1.03. The van der Waals surface area contributed by atoms with Crippen LogP contribution in [0.4, 0.5) is 0 Å². The molecule has 0 fully saturated rings. The van der Waals surface area contributed by atoms with Gasteiger partial charge in [0, 0.05) is 19.1 Å². The van der Waals surface area contributed by atoms with Crippen LogP contribution < -0.4 is 5.73 Å². The topological polar surface area (TPSA) is 49.5 Å². The highest BCUT2D eigenvalue weighted by molar-refractivity contribution is 4.75. The molecular weight excluding hydrogens is 152 g/mol. The van der Waals surface area contributed by atoms with Crippen LogP contribution in [0.1, 0.15) is 27.2 Å². The van der Waals surface area contributed by atoms with Crippen LogP contribution in [0.2, 0.25) is 0 Å². The second-order valence-electron chi connectivity index (χ2n) is 4.03. The molecular formula is C9H22N2O. The van der Waals surface area contributed by atoms with Gasteiger partial charge in [-0.15, -0.1) is 0 Å². The van der Waals surface area contributed by atoms with Crippen molar-refractivity contribution >= 4 is 0 Å². The molecule has 0 aromatic heterocycles. The third kappa shape index (κ3) is 4.70. The Kier molecular flexibility index (Phi) is 4.75. The predicted molar refractivity (Wildman–Crippen MR) is 52.1 cm³/mol. The van der Waals surface area contributed by atoms with Crippen molar-refractivity contribution < 1.29 is 5.11 Å². The van der Waals surface area contributed by atoms with Gasteiger partial charge in [-0.2, -0.15) is 0 Å². The summed E-state index contributed by atoms with van der Waals surface area (Å²) in [6.45, 7) is 7.06. The number of nitrogens with zero attached hydrogens (tertiary/aromatic N) is 1. The standard InChI is InChI=1S/C9H22N2O/c1-5-8(6-10)11(4)7-9(2,3)12/h8,12H,5-7,10H2,1-4H3. The fourth-order valence-electron chi connectivity index (χ4n) is 1.40. The number of hydrogen-bond acceptors (Lipinski definition) is 3. The van der Waals surface area contributed by atoms with E-state index in [9.17, 15) is 5.11 Å². The highest BCUT2D eigenvalue weighted by atomic mass is 16.3. The summed E-state index contributed by atoms with van der Waals surface area (Å²) in [4.78, 5) is 2.11. The first kappa shape index (κ1) is 11.9. The van der Waals surface area contributed by atoms with Gasteiger partial charge in [-0.1, -0.05) is 6.92 Å². The average Bonchev–Trinajstić information content (AvgIpc) is 1.85. The molecule has 12 heavy (non-hydrogen) atoms. The fourth-order valence-corrected chi connectivity index (χ4v) is 1.40. The highest BCUT2D eigenvalue weighted by Gasteiger charge is 2.19. The number of likely N-dealkylation sites (N-methyl/N-ethyl adjacent to an activating group) is 1.